The maximum absolute atomic E-state index is 5.69. The van der Waals surface area contributed by atoms with Crippen LogP contribution in [0.15, 0.2) is 41.4 Å². The van der Waals surface area contributed by atoms with E-state index in [9.17, 15) is 0 Å². The summed E-state index contributed by atoms with van der Waals surface area (Å²) in [5.74, 6) is 2.89. The van der Waals surface area contributed by atoms with Crippen LogP contribution >= 0.6 is 0 Å². The van der Waals surface area contributed by atoms with Crippen LogP contribution in [0.4, 0.5) is 0 Å². The number of aliphatic imine (C=N–C) groups is 1. The number of benzene rings is 1. The summed E-state index contributed by atoms with van der Waals surface area (Å²) >= 11 is 0. The molecule has 7 nitrogen and oxygen atoms in total. The van der Waals surface area contributed by atoms with E-state index < -0.39 is 0 Å². The smallest absolute Gasteiger partial charge is 0.213 e. The summed E-state index contributed by atoms with van der Waals surface area (Å²) in [7, 11) is 3.36. The van der Waals surface area contributed by atoms with Crippen LogP contribution in [-0.4, -0.2) is 44.9 Å². The standard InChI is InChI=1S/C21H30N4O3/c1-5-27-18-11-10-16(14-19(18)28-6-2)12-13-23-21(22-3)24-15-17-8-7-9-20(25-17)26-4/h7-11,14H,5-6,12-13,15H2,1-4H3,(H2,22,23,24). The highest BCUT2D eigenvalue weighted by Crippen LogP contribution is 2.28. The van der Waals surface area contributed by atoms with Gasteiger partial charge in [0.2, 0.25) is 5.88 Å². The lowest BCUT2D eigenvalue weighted by Gasteiger charge is -2.14. The molecule has 7 heteroatoms. The summed E-state index contributed by atoms with van der Waals surface area (Å²) in [5, 5.41) is 6.57. The maximum Gasteiger partial charge on any atom is 0.213 e. The first-order chi connectivity index (χ1) is 13.7. The first-order valence-electron chi connectivity index (χ1n) is 9.53. The lowest BCUT2D eigenvalue weighted by molar-refractivity contribution is 0.287. The molecule has 2 aromatic rings. The first-order valence-corrected chi connectivity index (χ1v) is 9.53. The molecule has 1 aromatic heterocycles. The molecule has 1 aromatic carbocycles. The molecule has 0 aliphatic carbocycles. The van der Waals surface area contributed by atoms with Crippen LogP contribution in [0.25, 0.3) is 0 Å². The van der Waals surface area contributed by atoms with Gasteiger partial charge in [-0.15, -0.1) is 0 Å². The number of nitrogens with zero attached hydrogens (tertiary/aromatic N) is 2. The Morgan fingerprint density at radius 1 is 1.04 bits per heavy atom. The molecule has 0 amide bonds. The van der Waals surface area contributed by atoms with E-state index in [0.29, 0.717) is 25.6 Å². The molecule has 0 aliphatic rings. The number of rotatable bonds is 10. The van der Waals surface area contributed by atoms with Crippen LogP contribution in [0.5, 0.6) is 17.4 Å². The molecule has 0 unspecified atom stereocenters. The third-order valence-corrected chi connectivity index (χ3v) is 3.96. The minimum atomic E-state index is 0.564. The van der Waals surface area contributed by atoms with Crippen molar-refractivity contribution in [2.75, 3.05) is 33.9 Å². The summed E-state index contributed by atoms with van der Waals surface area (Å²) in [5.41, 5.74) is 2.06. The monoisotopic (exact) mass is 386 g/mol. The van der Waals surface area contributed by atoms with Crippen molar-refractivity contribution in [3.05, 3.63) is 47.7 Å². The summed E-state index contributed by atoms with van der Waals surface area (Å²) in [6, 6.07) is 11.7. The van der Waals surface area contributed by atoms with Crippen LogP contribution in [0.2, 0.25) is 0 Å². The molecule has 0 aliphatic heterocycles. The predicted octanol–water partition coefficient (Wildman–Crippen LogP) is 2.80. The van der Waals surface area contributed by atoms with Crippen molar-refractivity contribution < 1.29 is 14.2 Å². The summed E-state index contributed by atoms with van der Waals surface area (Å²) in [6.45, 7) is 6.46. The van der Waals surface area contributed by atoms with Crippen molar-refractivity contribution in [1.29, 1.82) is 0 Å². The maximum atomic E-state index is 5.69. The molecule has 0 atom stereocenters. The van der Waals surface area contributed by atoms with Gasteiger partial charge >= 0.3 is 0 Å². The number of hydrogen-bond acceptors (Lipinski definition) is 5. The zero-order valence-electron chi connectivity index (χ0n) is 17.1. The van der Waals surface area contributed by atoms with Crippen molar-refractivity contribution in [1.82, 2.24) is 15.6 Å². The van der Waals surface area contributed by atoms with Gasteiger partial charge in [-0.3, -0.25) is 4.99 Å². The van der Waals surface area contributed by atoms with Crippen LogP contribution in [-0.2, 0) is 13.0 Å². The number of methoxy groups -OCH3 is 1. The van der Waals surface area contributed by atoms with Crippen LogP contribution in [0.3, 0.4) is 0 Å². The molecule has 0 spiro atoms. The molecule has 28 heavy (non-hydrogen) atoms. The summed E-state index contributed by atoms with van der Waals surface area (Å²) in [6.07, 6.45) is 0.838. The van der Waals surface area contributed by atoms with Gasteiger partial charge < -0.3 is 24.8 Å². The molecule has 152 valence electrons. The Morgan fingerprint density at radius 3 is 2.54 bits per heavy atom. The number of aromatic nitrogens is 1. The summed E-state index contributed by atoms with van der Waals surface area (Å²) in [4.78, 5) is 8.64. The zero-order chi connectivity index (χ0) is 20.2. The first kappa shape index (κ1) is 21.3. The molecule has 0 radical (unpaired) electrons. The minimum absolute atomic E-state index is 0.564. The fourth-order valence-electron chi connectivity index (χ4n) is 2.64. The topological polar surface area (TPSA) is 77.0 Å². The summed E-state index contributed by atoms with van der Waals surface area (Å²) < 4.78 is 16.4. The predicted molar refractivity (Wildman–Crippen MR) is 111 cm³/mol. The van der Waals surface area contributed by atoms with Gasteiger partial charge in [0, 0.05) is 19.7 Å². The second kappa shape index (κ2) is 11.7. The Kier molecular flexibility index (Phi) is 8.91. The molecule has 2 rings (SSSR count). The van der Waals surface area contributed by atoms with Gasteiger partial charge in [0.1, 0.15) is 0 Å². The van der Waals surface area contributed by atoms with Gasteiger partial charge in [0.15, 0.2) is 17.5 Å². The molecule has 0 fully saturated rings. The van der Waals surface area contributed by atoms with Gasteiger partial charge in [0.25, 0.3) is 0 Å². The molecular weight excluding hydrogens is 356 g/mol. The minimum Gasteiger partial charge on any atom is -0.490 e. The number of ether oxygens (including phenoxy) is 3. The average Bonchev–Trinajstić information content (AvgIpc) is 2.72. The third-order valence-electron chi connectivity index (χ3n) is 3.96. The van der Waals surface area contributed by atoms with Crippen LogP contribution in [0, 0.1) is 0 Å². The molecule has 2 N–H and O–H groups in total. The Balaban J connectivity index is 1.85. The quantitative estimate of drug-likeness (QED) is 0.483. The number of hydrogen-bond donors (Lipinski definition) is 2. The Bertz CT molecular complexity index is 765. The Hall–Kier alpha value is -2.96. The van der Waals surface area contributed by atoms with Crippen molar-refractivity contribution in [2.45, 2.75) is 26.8 Å². The third kappa shape index (κ3) is 6.64. The van der Waals surface area contributed by atoms with Gasteiger partial charge in [-0.05, 0) is 44.0 Å². The molecule has 0 bridgehead atoms. The SMILES string of the molecule is CCOc1ccc(CCNC(=NC)NCc2cccc(OC)n2)cc1OCC. The Morgan fingerprint density at radius 2 is 1.82 bits per heavy atom. The molecule has 1 heterocycles. The normalized spacial score (nSPS) is 11.1. The highest BCUT2D eigenvalue weighted by Gasteiger charge is 2.07. The van der Waals surface area contributed by atoms with Crippen LogP contribution in [0.1, 0.15) is 25.1 Å². The number of nitrogens with one attached hydrogen (secondary N) is 2. The van der Waals surface area contributed by atoms with Gasteiger partial charge in [-0.2, -0.15) is 0 Å². The van der Waals surface area contributed by atoms with Crippen molar-refractivity contribution >= 4 is 5.96 Å². The van der Waals surface area contributed by atoms with Crippen molar-refractivity contribution in [3.63, 3.8) is 0 Å². The van der Waals surface area contributed by atoms with E-state index in [1.165, 1.54) is 5.56 Å². The molecule has 0 saturated carbocycles. The van der Waals surface area contributed by atoms with E-state index in [0.717, 1.165) is 36.1 Å². The fraction of sp³-hybridized carbons (Fsp3) is 0.429. The highest BCUT2D eigenvalue weighted by molar-refractivity contribution is 5.79. The zero-order valence-corrected chi connectivity index (χ0v) is 17.1. The van der Waals surface area contributed by atoms with E-state index >= 15 is 0 Å². The van der Waals surface area contributed by atoms with E-state index in [1.807, 2.05) is 44.2 Å². The van der Waals surface area contributed by atoms with Crippen molar-refractivity contribution in [2.24, 2.45) is 4.99 Å². The highest BCUT2D eigenvalue weighted by atomic mass is 16.5. The van der Waals surface area contributed by atoms with Gasteiger partial charge in [-0.1, -0.05) is 12.1 Å². The average molecular weight is 386 g/mol. The molecular formula is C21H30N4O3. The largest absolute Gasteiger partial charge is 0.490 e. The molecule has 0 saturated heterocycles. The second-order valence-electron chi connectivity index (χ2n) is 5.92. The fourth-order valence-corrected chi connectivity index (χ4v) is 2.64. The number of guanidine groups is 1. The van der Waals surface area contributed by atoms with E-state index in [-0.39, 0.29) is 0 Å². The van der Waals surface area contributed by atoms with Gasteiger partial charge in [-0.25, -0.2) is 4.98 Å². The van der Waals surface area contributed by atoms with E-state index in [4.69, 9.17) is 14.2 Å². The number of pyridine rings is 1. The second-order valence-corrected chi connectivity index (χ2v) is 5.92. The van der Waals surface area contributed by atoms with Gasteiger partial charge in [0.05, 0.1) is 32.6 Å². The lowest BCUT2D eigenvalue weighted by Crippen LogP contribution is -2.38. The van der Waals surface area contributed by atoms with Crippen LogP contribution < -0.4 is 24.8 Å². The van der Waals surface area contributed by atoms with Crippen molar-refractivity contribution in [3.8, 4) is 17.4 Å². The van der Waals surface area contributed by atoms with E-state index in [1.54, 1.807) is 14.2 Å². The lowest BCUT2D eigenvalue weighted by atomic mass is 10.1. The Labute approximate surface area is 167 Å². The van der Waals surface area contributed by atoms with E-state index in [2.05, 4.69) is 26.7 Å².